The summed E-state index contributed by atoms with van der Waals surface area (Å²) in [5.41, 5.74) is 0. The highest BCUT2D eigenvalue weighted by atomic mass is 19.3. The van der Waals surface area contributed by atoms with Gasteiger partial charge in [-0.3, -0.25) is 4.79 Å². The van der Waals surface area contributed by atoms with Crippen molar-refractivity contribution in [2.45, 2.75) is 83.5 Å². The fourth-order valence-corrected chi connectivity index (χ4v) is 1.89. The Labute approximate surface area is 124 Å². The van der Waals surface area contributed by atoms with E-state index in [0.29, 0.717) is 6.42 Å². The molecule has 0 aliphatic heterocycles. The van der Waals surface area contributed by atoms with Crippen LogP contribution in [-0.4, -0.2) is 24.9 Å². The van der Waals surface area contributed by atoms with Crippen molar-refractivity contribution in [1.29, 1.82) is 0 Å². The second-order valence-corrected chi connectivity index (χ2v) is 5.30. The van der Waals surface area contributed by atoms with Crippen LogP contribution < -0.4 is 0 Å². The predicted octanol–water partition coefficient (Wildman–Crippen LogP) is 5.35. The molecule has 0 saturated heterocycles. The molecular weight excluding hydrogens is 288 g/mol. The van der Waals surface area contributed by atoms with Gasteiger partial charge in [-0.25, -0.2) is 8.78 Å². The van der Waals surface area contributed by atoms with Gasteiger partial charge in [0.25, 0.3) is 0 Å². The van der Waals surface area contributed by atoms with Gasteiger partial charge in [-0.15, -0.1) is 0 Å². The van der Waals surface area contributed by atoms with E-state index in [-0.39, 0.29) is 6.42 Å². The molecule has 0 fully saturated rings. The van der Waals surface area contributed by atoms with Crippen LogP contribution in [0.3, 0.4) is 0 Å². The van der Waals surface area contributed by atoms with Gasteiger partial charge in [-0.1, -0.05) is 58.3 Å². The van der Waals surface area contributed by atoms with Crippen LogP contribution in [0.1, 0.15) is 71.1 Å². The van der Waals surface area contributed by atoms with Crippen molar-refractivity contribution in [3.8, 4) is 0 Å². The van der Waals surface area contributed by atoms with Crippen molar-refractivity contribution in [2.75, 3.05) is 6.61 Å². The van der Waals surface area contributed by atoms with Crippen LogP contribution in [0.25, 0.3) is 0 Å². The van der Waals surface area contributed by atoms with Crippen molar-refractivity contribution < 1.29 is 27.1 Å². The van der Waals surface area contributed by atoms with E-state index < -0.39 is 24.9 Å². The van der Waals surface area contributed by atoms with Crippen molar-refractivity contribution in [2.24, 2.45) is 0 Å². The van der Waals surface area contributed by atoms with Crippen LogP contribution in [-0.2, 0) is 9.53 Å². The normalized spacial score (nSPS) is 11.9. The summed E-state index contributed by atoms with van der Waals surface area (Å²) in [6, 6.07) is 0. The van der Waals surface area contributed by atoms with Crippen molar-refractivity contribution in [1.82, 2.24) is 0 Å². The van der Waals surface area contributed by atoms with Gasteiger partial charge in [0.05, 0.1) is 0 Å². The Morgan fingerprint density at radius 2 is 1.43 bits per heavy atom. The lowest BCUT2D eigenvalue weighted by atomic mass is 10.1. The topological polar surface area (TPSA) is 26.3 Å². The zero-order valence-corrected chi connectivity index (χ0v) is 12.7. The first-order valence-electron chi connectivity index (χ1n) is 7.71. The van der Waals surface area contributed by atoms with E-state index in [9.17, 15) is 22.4 Å². The lowest BCUT2D eigenvalue weighted by Crippen LogP contribution is -2.33. The van der Waals surface area contributed by atoms with Crippen molar-refractivity contribution in [3.63, 3.8) is 0 Å². The minimum absolute atomic E-state index is 0.00908. The third-order valence-electron chi connectivity index (χ3n) is 3.23. The molecule has 126 valence electrons. The summed E-state index contributed by atoms with van der Waals surface area (Å²) in [7, 11) is 0. The maximum atomic E-state index is 12.5. The molecule has 0 unspecified atom stereocenters. The fraction of sp³-hybridized carbons (Fsp3) is 0.933. The molecule has 0 rings (SSSR count). The van der Waals surface area contributed by atoms with Gasteiger partial charge >= 0.3 is 18.3 Å². The summed E-state index contributed by atoms with van der Waals surface area (Å²) in [6.07, 6.45) is 5.79. The van der Waals surface area contributed by atoms with Crippen LogP contribution in [0, 0.1) is 0 Å². The maximum absolute atomic E-state index is 12.5. The number of carbonyl (C=O) groups is 1. The molecule has 0 atom stereocenters. The quantitative estimate of drug-likeness (QED) is 0.260. The third kappa shape index (κ3) is 11.5. The standard InChI is InChI=1S/C15H26F4O2/c1-2-3-4-5-6-7-8-9-10-11-13(20)21-12-15(18,19)14(16)17/h14H,2-12H2,1H3. The molecular formula is C15H26F4O2. The summed E-state index contributed by atoms with van der Waals surface area (Å²) in [4.78, 5) is 11.1. The summed E-state index contributed by atoms with van der Waals surface area (Å²) < 4.78 is 52.8. The second-order valence-electron chi connectivity index (χ2n) is 5.30. The first-order valence-corrected chi connectivity index (χ1v) is 7.71. The molecule has 21 heavy (non-hydrogen) atoms. The van der Waals surface area contributed by atoms with Gasteiger partial charge in [0, 0.05) is 6.42 Å². The summed E-state index contributed by atoms with van der Waals surface area (Å²) in [5.74, 6) is -5.09. The maximum Gasteiger partial charge on any atom is 0.340 e. The molecule has 0 aromatic carbocycles. The van der Waals surface area contributed by atoms with Gasteiger partial charge < -0.3 is 4.74 Å². The van der Waals surface area contributed by atoms with Crippen LogP contribution in [0.4, 0.5) is 17.6 Å². The Morgan fingerprint density at radius 3 is 1.90 bits per heavy atom. The highest BCUT2D eigenvalue weighted by molar-refractivity contribution is 5.69. The number of unbranched alkanes of at least 4 members (excludes halogenated alkanes) is 8. The summed E-state index contributed by atoms with van der Waals surface area (Å²) >= 11 is 0. The Kier molecular flexibility index (Phi) is 11.4. The lowest BCUT2D eigenvalue weighted by Gasteiger charge is -2.14. The average molecular weight is 314 g/mol. The van der Waals surface area contributed by atoms with Crippen molar-refractivity contribution in [3.05, 3.63) is 0 Å². The van der Waals surface area contributed by atoms with E-state index in [1.54, 1.807) is 0 Å². The number of hydrogen-bond acceptors (Lipinski definition) is 2. The van der Waals surface area contributed by atoms with Crippen LogP contribution in [0.15, 0.2) is 0 Å². The van der Waals surface area contributed by atoms with Gasteiger partial charge in [0.1, 0.15) is 0 Å². The molecule has 0 spiro atoms. The molecule has 2 nitrogen and oxygen atoms in total. The Morgan fingerprint density at radius 1 is 0.952 bits per heavy atom. The highest BCUT2D eigenvalue weighted by Crippen LogP contribution is 2.23. The molecule has 0 aromatic rings. The number of hydrogen-bond donors (Lipinski definition) is 0. The molecule has 0 amide bonds. The predicted molar refractivity (Wildman–Crippen MR) is 73.8 cm³/mol. The van der Waals surface area contributed by atoms with Crippen LogP contribution >= 0.6 is 0 Å². The molecule has 0 saturated carbocycles. The second kappa shape index (κ2) is 11.8. The van der Waals surface area contributed by atoms with E-state index in [1.165, 1.54) is 32.1 Å². The largest absolute Gasteiger partial charge is 0.459 e. The number of alkyl halides is 4. The zero-order chi connectivity index (χ0) is 16.1. The number of halogens is 4. The minimum atomic E-state index is -4.26. The SMILES string of the molecule is CCCCCCCCCCCC(=O)OCC(F)(F)C(F)F. The van der Waals surface area contributed by atoms with E-state index in [4.69, 9.17) is 0 Å². The van der Waals surface area contributed by atoms with E-state index in [0.717, 1.165) is 19.3 Å². The third-order valence-corrected chi connectivity index (χ3v) is 3.23. The summed E-state index contributed by atoms with van der Waals surface area (Å²) in [6.45, 7) is 0.622. The lowest BCUT2D eigenvalue weighted by molar-refractivity contribution is -0.179. The molecule has 0 radical (unpaired) electrons. The van der Waals surface area contributed by atoms with Crippen molar-refractivity contribution >= 4 is 5.97 Å². The van der Waals surface area contributed by atoms with Crippen LogP contribution in [0.5, 0.6) is 0 Å². The van der Waals surface area contributed by atoms with E-state index in [2.05, 4.69) is 11.7 Å². The van der Waals surface area contributed by atoms with Gasteiger partial charge in [0.2, 0.25) is 0 Å². The Balaban J connectivity index is 3.42. The van der Waals surface area contributed by atoms with E-state index >= 15 is 0 Å². The first-order chi connectivity index (χ1) is 9.90. The summed E-state index contributed by atoms with van der Waals surface area (Å²) in [5, 5.41) is 0. The Hall–Kier alpha value is -0.810. The molecule has 0 aromatic heterocycles. The van der Waals surface area contributed by atoms with Crippen LogP contribution in [0.2, 0.25) is 0 Å². The highest BCUT2D eigenvalue weighted by Gasteiger charge is 2.42. The first kappa shape index (κ1) is 20.2. The number of esters is 1. The molecule has 6 heteroatoms. The van der Waals surface area contributed by atoms with Gasteiger partial charge in [-0.2, -0.15) is 8.78 Å². The number of carbonyl (C=O) groups excluding carboxylic acids is 1. The fourth-order valence-electron chi connectivity index (χ4n) is 1.89. The number of ether oxygens (including phenoxy) is 1. The smallest absolute Gasteiger partial charge is 0.340 e. The number of rotatable bonds is 13. The zero-order valence-electron chi connectivity index (χ0n) is 12.7. The Bertz CT molecular complexity index is 270. The van der Waals surface area contributed by atoms with E-state index in [1.807, 2.05) is 0 Å². The monoisotopic (exact) mass is 314 g/mol. The minimum Gasteiger partial charge on any atom is -0.459 e. The average Bonchev–Trinajstić information content (AvgIpc) is 2.43. The molecule has 0 N–H and O–H groups in total. The molecule has 0 bridgehead atoms. The molecule has 0 aliphatic carbocycles. The van der Waals surface area contributed by atoms with Gasteiger partial charge in [-0.05, 0) is 6.42 Å². The van der Waals surface area contributed by atoms with Gasteiger partial charge in [0.15, 0.2) is 6.61 Å². The molecule has 0 aliphatic rings. The molecule has 0 heterocycles.